The summed E-state index contributed by atoms with van der Waals surface area (Å²) in [6.45, 7) is 8.44. The number of hydrogen-bond acceptors (Lipinski definition) is 3. The Kier molecular flexibility index (Phi) is 5.20. The average Bonchev–Trinajstić information content (AvgIpc) is 2.44. The summed E-state index contributed by atoms with van der Waals surface area (Å²) >= 11 is 6.09. The number of rotatable bonds is 3. The molecule has 2 rings (SSSR count). The second-order valence-corrected chi connectivity index (χ2v) is 6.83. The van der Waals surface area contributed by atoms with Crippen molar-refractivity contribution >= 4 is 17.5 Å². The zero-order chi connectivity index (χ0) is 15.6. The second-order valence-electron chi connectivity index (χ2n) is 6.43. The van der Waals surface area contributed by atoms with Crippen molar-refractivity contribution in [1.29, 1.82) is 0 Å². The molecule has 0 radical (unpaired) electrons. The maximum atomic E-state index is 12.5. The Morgan fingerprint density at radius 3 is 2.76 bits per heavy atom. The predicted molar refractivity (Wildman–Crippen MR) is 84.6 cm³/mol. The SMILES string of the molecule is CC(C)c1ncc(Cl)c(C(=O)NC2CCCC(C)C2C)n1. The Hall–Kier alpha value is -1.16. The number of aromatic nitrogens is 2. The molecule has 5 heteroatoms. The molecule has 0 bridgehead atoms. The van der Waals surface area contributed by atoms with Gasteiger partial charge in [-0.2, -0.15) is 0 Å². The molecule has 21 heavy (non-hydrogen) atoms. The Morgan fingerprint density at radius 2 is 2.10 bits per heavy atom. The molecule has 0 aliphatic heterocycles. The highest BCUT2D eigenvalue weighted by atomic mass is 35.5. The smallest absolute Gasteiger partial charge is 0.271 e. The number of amides is 1. The highest BCUT2D eigenvalue weighted by Crippen LogP contribution is 2.29. The number of nitrogens with zero attached hydrogens (tertiary/aromatic N) is 2. The average molecular weight is 310 g/mol. The van der Waals surface area contributed by atoms with Gasteiger partial charge >= 0.3 is 0 Å². The minimum Gasteiger partial charge on any atom is -0.348 e. The summed E-state index contributed by atoms with van der Waals surface area (Å²) in [5.74, 6) is 1.75. The second kappa shape index (κ2) is 6.73. The molecule has 1 aromatic heterocycles. The number of halogens is 1. The van der Waals surface area contributed by atoms with Crippen LogP contribution < -0.4 is 5.32 Å². The Morgan fingerprint density at radius 1 is 1.38 bits per heavy atom. The lowest BCUT2D eigenvalue weighted by atomic mass is 9.78. The molecule has 116 valence electrons. The molecule has 1 heterocycles. The third kappa shape index (κ3) is 3.73. The van der Waals surface area contributed by atoms with Crippen LogP contribution in [-0.4, -0.2) is 21.9 Å². The van der Waals surface area contributed by atoms with Crippen LogP contribution in [0.3, 0.4) is 0 Å². The molecule has 0 saturated heterocycles. The van der Waals surface area contributed by atoms with Crippen molar-refractivity contribution in [2.75, 3.05) is 0 Å². The van der Waals surface area contributed by atoms with E-state index in [0.717, 1.165) is 12.8 Å². The van der Waals surface area contributed by atoms with Crippen LogP contribution >= 0.6 is 11.6 Å². The van der Waals surface area contributed by atoms with Crippen molar-refractivity contribution in [3.05, 3.63) is 22.7 Å². The van der Waals surface area contributed by atoms with Crippen LogP contribution in [0, 0.1) is 11.8 Å². The third-order valence-electron chi connectivity index (χ3n) is 4.52. The van der Waals surface area contributed by atoms with Crippen molar-refractivity contribution in [3.63, 3.8) is 0 Å². The van der Waals surface area contributed by atoms with Crippen LogP contribution in [0.2, 0.25) is 5.02 Å². The van der Waals surface area contributed by atoms with E-state index >= 15 is 0 Å². The molecule has 4 nitrogen and oxygen atoms in total. The minimum absolute atomic E-state index is 0.169. The topological polar surface area (TPSA) is 54.9 Å². The van der Waals surface area contributed by atoms with Gasteiger partial charge in [0.15, 0.2) is 0 Å². The molecule has 0 spiro atoms. The molecule has 1 aromatic rings. The van der Waals surface area contributed by atoms with E-state index in [-0.39, 0.29) is 17.9 Å². The quantitative estimate of drug-likeness (QED) is 0.923. The number of carbonyl (C=O) groups excluding carboxylic acids is 1. The van der Waals surface area contributed by atoms with E-state index in [9.17, 15) is 4.79 Å². The first-order valence-corrected chi connectivity index (χ1v) is 8.11. The van der Waals surface area contributed by atoms with Crippen molar-refractivity contribution in [2.24, 2.45) is 11.8 Å². The Labute approximate surface area is 131 Å². The third-order valence-corrected chi connectivity index (χ3v) is 4.79. The van der Waals surface area contributed by atoms with E-state index < -0.39 is 0 Å². The molecule has 1 N–H and O–H groups in total. The van der Waals surface area contributed by atoms with Gasteiger partial charge in [-0.1, -0.05) is 52.1 Å². The molecule has 1 aliphatic rings. The summed E-state index contributed by atoms with van der Waals surface area (Å²) in [5.41, 5.74) is 0.292. The van der Waals surface area contributed by atoms with Gasteiger partial charge < -0.3 is 5.32 Å². The highest BCUT2D eigenvalue weighted by molar-refractivity contribution is 6.33. The fourth-order valence-corrected chi connectivity index (χ4v) is 3.02. The first kappa shape index (κ1) is 16.2. The molecular formula is C16H24ClN3O. The van der Waals surface area contributed by atoms with E-state index in [1.54, 1.807) is 0 Å². The van der Waals surface area contributed by atoms with Crippen molar-refractivity contribution < 1.29 is 4.79 Å². The summed E-state index contributed by atoms with van der Waals surface area (Å²) in [4.78, 5) is 21.0. The predicted octanol–water partition coefficient (Wildman–Crippen LogP) is 3.81. The molecule has 0 aromatic carbocycles. The van der Waals surface area contributed by atoms with Gasteiger partial charge in [0, 0.05) is 12.0 Å². The standard InChI is InChI=1S/C16H24ClN3O/c1-9(2)15-18-8-12(17)14(20-15)16(21)19-13-7-5-6-10(3)11(13)4/h8-11,13H,5-7H2,1-4H3,(H,19,21). The maximum absolute atomic E-state index is 12.5. The van der Waals surface area contributed by atoms with Gasteiger partial charge in [-0.25, -0.2) is 9.97 Å². The lowest BCUT2D eigenvalue weighted by molar-refractivity contribution is 0.0885. The van der Waals surface area contributed by atoms with Crippen LogP contribution in [0.1, 0.15) is 69.2 Å². The van der Waals surface area contributed by atoms with E-state index in [1.807, 2.05) is 13.8 Å². The maximum Gasteiger partial charge on any atom is 0.271 e. The molecule has 1 aliphatic carbocycles. The van der Waals surface area contributed by atoms with E-state index in [1.165, 1.54) is 12.6 Å². The zero-order valence-corrected chi connectivity index (χ0v) is 13.9. The summed E-state index contributed by atoms with van der Waals surface area (Å²) in [6, 6.07) is 0.204. The van der Waals surface area contributed by atoms with Gasteiger partial charge in [0.05, 0.1) is 11.2 Å². The largest absolute Gasteiger partial charge is 0.348 e. The molecule has 3 atom stereocenters. The lowest BCUT2D eigenvalue weighted by Gasteiger charge is -2.34. The van der Waals surface area contributed by atoms with Crippen molar-refractivity contribution in [1.82, 2.24) is 15.3 Å². The van der Waals surface area contributed by atoms with Gasteiger partial charge in [0.25, 0.3) is 5.91 Å². The first-order chi connectivity index (χ1) is 9.90. The minimum atomic E-state index is -0.185. The molecule has 3 unspecified atom stereocenters. The lowest BCUT2D eigenvalue weighted by Crippen LogP contribution is -2.44. The zero-order valence-electron chi connectivity index (χ0n) is 13.2. The number of nitrogens with one attached hydrogen (secondary N) is 1. The summed E-state index contributed by atoms with van der Waals surface area (Å²) in [5, 5.41) is 3.42. The number of hydrogen-bond donors (Lipinski definition) is 1. The van der Waals surface area contributed by atoms with Crippen LogP contribution in [0.5, 0.6) is 0 Å². The van der Waals surface area contributed by atoms with E-state index in [4.69, 9.17) is 11.6 Å². The van der Waals surface area contributed by atoms with Gasteiger partial charge in [-0.15, -0.1) is 0 Å². The van der Waals surface area contributed by atoms with Crippen molar-refractivity contribution in [3.8, 4) is 0 Å². The van der Waals surface area contributed by atoms with Gasteiger partial charge in [-0.05, 0) is 18.3 Å². The van der Waals surface area contributed by atoms with Crippen LogP contribution in [0.15, 0.2) is 6.20 Å². The Bertz CT molecular complexity index is 518. The summed E-state index contributed by atoms with van der Waals surface area (Å²) in [7, 11) is 0. The van der Waals surface area contributed by atoms with Crippen LogP contribution in [-0.2, 0) is 0 Å². The van der Waals surface area contributed by atoms with Crippen LogP contribution in [0.25, 0.3) is 0 Å². The van der Waals surface area contributed by atoms with E-state index in [0.29, 0.717) is 28.4 Å². The van der Waals surface area contributed by atoms with Gasteiger partial charge in [-0.3, -0.25) is 4.79 Å². The summed E-state index contributed by atoms with van der Waals surface area (Å²) < 4.78 is 0. The van der Waals surface area contributed by atoms with Crippen molar-refractivity contribution in [2.45, 2.75) is 58.9 Å². The normalized spacial score (nSPS) is 25.9. The van der Waals surface area contributed by atoms with E-state index in [2.05, 4.69) is 29.1 Å². The Balaban J connectivity index is 2.14. The van der Waals surface area contributed by atoms with Crippen LogP contribution in [0.4, 0.5) is 0 Å². The molecule has 1 amide bonds. The fourth-order valence-electron chi connectivity index (χ4n) is 2.84. The molecule has 1 saturated carbocycles. The molecule has 1 fully saturated rings. The molecular weight excluding hydrogens is 286 g/mol. The monoisotopic (exact) mass is 309 g/mol. The van der Waals surface area contributed by atoms with Gasteiger partial charge in [0.1, 0.15) is 11.5 Å². The highest BCUT2D eigenvalue weighted by Gasteiger charge is 2.29. The number of carbonyl (C=O) groups is 1. The fraction of sp³-hybridized carbons (Fsp3) is 0.688. The van der Waals surface area contributed by atoms with Gasteiger partial charge in [0.2, 0.25) is 0 Å². The summed E-state index contributed by atoms with van der Waals surface area (Å²) in [6.07, 6.45) is 4.94. The first-order valence-electron chi connectivity index (χ1n) is 7.73.